The zero-order valence-corrected chi connectivity index (χ0v) is 15.5. The van der Waals surface area contributed by atoms with E-state index in [4.69, 9.17) is 0 Å². The molecule has 0 saturated carbocycles. The van der Waals surface area contributed by atoms with E-state index in [9.17, 15) is 9.18 Å². The van der Waals surface area contributed by atoms with Crippen molar-refractivity contribution >= 4 is 22.9 Å². The van der Waals surface area contributed by atoms with E-state index in [-0.39, 0.29) is 17.8 Å². The Bertz CT molecular complexity index is 865. The topological polar surface area (TPSA) is 41.1 Å². The van der Waals surface area contributed by atoms with Gasteiger partial charge in [0.25, 0.3) is 0 Å². The fraction of sp³-hybridized carbons (Fsp3) is 0.190. The second-order valence-corrected chi connectivity index (χ2v) is 7.18. The molecule has 0 aliphatic heterocycles. The number of carbonyl (C=O) groups excluding carboxylic acids is 1. The highest BCUT2D eigenvalue weighted by molar-refractivity contribution is 7.10. The summed E-state index contributed by atoms with van der Waals surface area (Å²) in [6, 6.07) is 18.2. The van der Waals surface area contributed by atoms with Gasteiger partial charge in [0.2, 0.25) is 5.91 Å². The maximum Gasteiger partial charge on any atom is 0.241 e. The number of amides is 1. The van der Waals surface area contributed by atoms with Gasteiger partial charge in [-0.15, -0.1) is 11.3 Å². The summed E-state index contributed by atoms with van der Waals surface area (Å²) in [6.45, 7) is 3.50. The molecule has 2 atom stereocenters. The molecule has 0 spiro atoms. The first-order valence-corrected chi connectivity index (χ1v) is 9.34. The van der Waals surface area contributed by atoms with Gasteiger partial charge in [0.05, 0.1) is 12.1 Å². The van der Waals surface area contributed by atoms with E-state index in [1.54, 1.807) is 30.4 Å². The summed E-state index contributed by atoms with van der Waals surface area (Å²) >= 11 is 1.64. The molecule has 3 nitrogen and oxygen atoms in total. The second-order valence-electron chi connectivity index (χ2n) is 6.20. The maximum absolute atomic E-state index is 13.7. The number of aryl methyl sites for hydroxylation is 1. The van der Waals surface area contributed by atoms with Crippen LogP contribution in [0.15, 0.2) is 66.0 Å². The number of halogens is 1. The molecule has 0 saturated heterocycles. The summed E-state index contributed by atoms with van der Waals surface area (Å²) in [6.07, 6.45) is 0. The second kappa shape index (κ2) is 8.25. The van der Waals surface area contributed by atoms with Gasteiger partial charge in [-0.25, -0.2) is 4.39 Å². The lowest BCUT2D eigenvalue weighted by molar-refractivity contribution is -0.117. The molecule has 0 aliphatic rings. The van der Waals surface area contributed by atoms with Crippen molar-refractivity contribution in [2.75, 3.05) is 5.32 Å². The van der Waals surface area contributed by atoms with Crippen LogP contribution < -0.4 is 10.6 Å². The molecule has 26 heavy (non-hydrogen) atoms. The van der Waals surface area contributed by atoms with Gasteiger partial charge in [0.15, 0.2) is 0 Å². The molecule has 3 rings (SSSR count). The third-order valence-corrected chi connectivity index (χ3v) is 5.15. The van der Waals surface area contributed by atoms with E-state index in [2.05, 4.69) is 16.7 Å². The van der Waals surface area contributed by atoms with Crippen molar-refractivity contribution in [3.8, 4) is 0 Å². The third-order valence-electron chi connectivity index (χ3n) is 4.21. The van der Waals surface area contributed by atoms with Gasteiger partial charge >= 0.3 is 0 Å². The smallest absolute Gasteiger partial charge is 0.241 e. The van der Waals surface area contributed by atoms with E-state index in [1.165, 1.54) is 6.07 Å². The van der Waals surface area contributed by atoms with Crippen LogP contribution in [0.5, 0.6) is 0 Å². The van der Waals surface area contributed by atoms with Crippen molar-refractivity contribution in [3.63, 3.8) is 0 Å². The molecule has 2 unspecified atom stereocenters. The van der Waals surface area contributed by atoms with Crippen LogP contribution in [0, 0.1) is 12.7 Å². The molecule has 0 radical (unpaired) electrons. The fourth-order valence-corrected chi connectivity index (χ4v) is 3.50. The predicted octanol–water partition coefficient (Wildman–Crippen LogP) is 4.90. The summed E-state index contributed by atoms with van der Waals surface area (Å²) in [5.41, 5.74) is 2.10. The SMILES string of the molecule is Cc1ccc(NC(=O)C(C)NC(c2ccccc2)c2cccs2)cc1F. The Hall–Kier alpha value is -2.50. The van der Waals surface area contributed by atoms with Gasteiger partial charge in [0, 0.05) is 10.6 Å². The first-order chi connectivity index (χ1) is 12.5. The highest BCUT2D eigenvalue weighted by Gasteiger charge is 2.21. The number of rotatable bonds is 6. The molecule has 5 heteroatoms. The van der Waals surface area contributed by atoms with Gasteiger partial charge in [-0.2, -0.15) is 0 Å². The van der Waals surface area contributed by atoms with Crippen LogP contribution in [0.4, 0.5) is 10.1 Å². The van der Waals surface area contributed by atoms with E-state index in [1.807, 2.05) is 48.7 Å². The first kappa shape index (κ1) is 18.3. The Labute approximate surface area is 156 Å². The molecule has 0 bridgehead atoms. The molecule has 1 aromatic heterocycles. The summed E-state index contributed by atoms with van der Waals surface area (Å²) in [5.74, 6) is -0.532. The zero-order chi connectivity index (χ0) is 18.5. The minimum absolute atomic E-state index is 0.0771. The van der Waals surface area contributed by atoms with Crippen LogP contribution in [0.1, 0.15) is 29.0 Å². The Morgan fingerprint density at radius 1 is 1.08 bits per heavy atom. The Kier molecular flexibility index (Phi) is 5.81. The highest BCUT2D eigenvalue weighted by Crippen LogP contribution is 2.26. The molecule has 134 valence electrons. The van der Waals surface area contributed by atoms with Crippen LogP contribution >= 0.6 is 11.3 Å². The third kappa shape index (κ3) is 4.36. The predicted molar refractivity (Wildman–Crippen MR) is 105 cm³/mol. The number of hydrogen-bond donors (Lipinski definition) is 2. The number of carbonyl (C=O) groups is 1. The van der Waals surface area contributed by atoms with Gasteiger partial charge < -0.3 is 5.32 Å². The summed E-state index contributed by atoms with van der Waals surface area (Å²) < 4.78 is 13.7. The molecule has 2 N–H and O–H groups in total. The Balaban J connectivity index is 1.74. The molecular weight excluding hydrogens is 347 g/mol. The number of nitrogens with one attached hydrogen (secondary N) is 2. The number of thiophene rings is 1. The molecule has 0 aliphatic carbocycles. The van der Waals surface area contributed by atoms with E-state index in [0.717, 1.165) is 10.4 Å². The summed E-state index contributed by atoms with van der Waals surface area (Å²) in [7, 11) is 0. The van der Waals surface area contributed by atoms with Crippen LogP contribution in [-0.2, 0) is 4.79 Å². The van der Waals surface area contributed by atoms with E-state index in [0.29, 0.717) is 11.3 Å². The summed E-state index contributed by atoms with van der Waals surface area (Å²) in [5, 5.41) is 8.18. The molecule has 1 heterocycles. The average Bonchev–Trinajstić information content (AvgIpc) is 3.17. The lowest BCUT2D eigenvalue weighted by Gasteiger charge is -2.22. The largest absolute Gasteiger partial charge is 0.325 e. The van der Waals surface area contributed by atoms with Crippen LogP contribution in [0.25, 0.3) is 0 Å². The molecule has 3 aromatic rings. The summed E-state index contributed by atoms with van der Waals surface area (Å²) in [4.78, 5) is 13.7. The van der Waals surface area contributed by atoms with Crippen molar-refractivity contribution in [1.82, 2.24) is 5.32 Å². The van der Waals surface area contributed by atoms with Gasteiger partial charge in [-0.05, 0) is 48.6 Å². The number of anilines is 1. The molecule has 2 aromatic carbocycles. The van der Waals surface area contributed by atoms with E-state index < -0.39 is 6.04 Å². The Morgan fingerprint density at radius 3 is 2.50 bits per heavy atom. The van der Waals surface area contributed by atoms with Crippen molar-refractivity contribution in [1.29, 1.82) is 0 Å². The quantitative estimate of drug-likeness (QED) is 0.650. The maximum atomic E-state index is 13.7. The molecule has 0 fully saturated rings. The number of benzene rings is 2. The fourth-order valence-electron chi connectivity index (χ4n) is 2.69. The highest BCUT2D eigenvalue weighted by atomic mass is 32.1. The zero-order valence-electron chi connectivity index (χ0n) is 14.7. The van der Waals surface area contributed by atoms with Crippen molar-refractivity contribution in [2.45, 2.75) is 25.9 Å². The van der Waals surface area contributed by atoms with Gasteiger partial charge in [0.1, 0.15) is 5.82 Å². The average molecular weight is 368 g/mol. The minimum Gasteiger partial charge on any atom is -0.325 e. The standard InChI is InChI=1S/C21H21FN2OS/c1-14-10-11-17(13-18(14)22)24-21(25)15(2)23-20(19-9-6-12-26-19)16-7-4-3-5-8-16/h3-13,15,20,23H,1-2H3,(H,24,25). The monoisotopic (exact) mass is 368 g/mol. The van der Waals surface area contributed by atoms with Crippen molar-refractivity contribution < 1.29 is 9.18 Å². The molecular formula is C21H21FN2OS. The van der Waals surface area contributed by atoms with Crippen LogP contribution in [-0.4, -0.2) is 11.9 Å². The van der Waals surface area contributed by atoms with Crippen LogP contribution in [0.2, 0.25) is 0 Å². The number of hydrogen-bond acceptors (Lipinski definition) is 3. The minimum atomic E-state index is -0.452. The Morgan fingerprint density at radius 2 is 1.85 bits per heavy atom. The van der Waals surface area contributed by atoms with Gasteiger partial charge in [-0.3, -0.25) is 10.1 Å². The van der Waals surface area contributed by atoms with Crippen molar-refractivity contribution in [2.24, 2.45) is 0 Å². The molecule has 1 amide bonds. The van der Waals surface area contributed by atoms with Crippen molar-refractivity contribution in [3.05, 3.63) is 87.9 Å². The van der Waals surface area contributed by atoms with Crippen LogP contribution in [0.3, 0.4) is 0 Å². The lowest BCUT2D eigenvalue weighted by Crippen LogP contribution is -2.40. The normalized spacial score (nSPS) is 13.2. The lowest BCUT2D eigenvalue weighted by atomic mass is 10.0. The van der Waals surface area contributed by atoms with Gasteiger partial charge in [-0.1, -0.05) is 42.5 Å². The van der Waals surface area contributed by atoms with E-state index >= 15 is 0 Å². The first-order valence-electron chi connectivity index (χ1n) is 8.46.